The molecule has 0 aliphatic carbocycles. The standard InChI is InChI=1S/C21H23NO4/c1-15-5-2-3-6-17(15)22(21(23)19-7-4-10-24-19)14-16-8-9-18-20(13-16)26-12-11-25-18/h2-3,5-6,8-9,13,19H,4,7,10-12,14H2,1H3. The van der Waals surface area contributed by atoms with E-state index in [9.17, 15) is 4.79 Å². The van der Waals surface area contributed by atoms with Gasteiger partial charge in [0.15, 0.2) is 11.5 Å². The zero-order valence-corrected chi connectivity index (χ0v) is 14.9. The fourth-order valence-corrected chi connectivity index (χ4v) is 3.46. The minimum atomic E-state index is -0.355. The summed E-state index contributed by atoms with van der Waals surface area (Å²) in [6.07, 6.45) is 1.36. The van der Waals surface area contributed by atoms with Gasteiger partial charge in [0.05, 0.1) is 6.54 Å². The zero-order chi connectivity index (χ0) is 17.9. The average molecular weight is 353 g/mol. The maximum absolute atomic E-state index is 13.1. The van der Waals surface area contributed by atoms with E-state index in [-0.39, 0.29) is 12.0 Å². The van der Waals surface area contributed by atoms with Crippen molar-refractivity contribution >= 4 is 11.6 Å². The van der Waals surface area contributed by atoms with Gasteiger partial charge in [0.25, 0.3) is 5.91 Å². The first-order chi connectivity index (χ1) is 12.7. The van der Waals surface area contributed by atoms with E-state index in [0.29, 0.717) is 26.4 Å². The van der Waals surface area contributed by atoms with Crippen LogP contribution in [0.15, 0.2) is 42.5 Å². The molecule has 0 N–H and O–H groups in total. The van der Waals surface area contributed by atoms with Gasteiger partial charge in [0.2, 0.25) is 0 Å². The van der Waals surface area contributed by atoms with Crippen molar-refractivity contribution in [1.29, 1.82) is 0 Å². The number of fused-ring (bicyclic) bond motifs is 1. The summed E-state index contributed by atoms with van der Waals surface area (Å²) < 4.78 is 16.9. The van der Waals surface area contributed by atoms with Crippen molar-refractivity contribution < 1.29 is 19.0 Å². The number of carbonyl (C=O) groups is 1. The van der Waals surface area contributed by atoms with Crippen LogP contribution in [0.2, 0.25) is 0 Å². The zero-order valence-electron chi connectivity index (χ0n) is 14.9. The Morgan fingerprint density at radius 2 is 1.88 bits per heavy atom. The third-order valence-corrected chi connectivity index (χ3v) is 4.82. The Bertz CT molecular complexity index is 798. The van der Waals surface area contributed by atoms with E-state index in [4.69, 9.17) is 14.2 Å². The van der Waals surface area contributed by atoms with Crippen LogP contribution in [0.3, 0.4) is 0 Å². The number of hydrogen-bond donors (Lipinski definition) is 0. The lowest BCUT2D eigenvalue weighted by Gasteiger charge is -2.27. The largest absolute Gasteiger partial charge is 0.486 e. The van der Waals surface area contributed by atoms with E-state index in [2.05, 4.69) is 0 Å². The second kappa shape index (κ2) is 7.38. The molecule has 0 aromatic heterocycles. The van der Waals surface area contributed by atoms with Gasteiger partial charge >= 0.3 is 0 Å². The fourth-order valence-electron chi connectivity index (χ4n) is 3.46. The Kier molecular flexibility index (Phi) is 4.80. The number of ether oxygens (including phenoxy) is 3. The number of amides is 1. The van der Waals surface area contributed by atoms with Crippen LogP contribution >= 0.6 is 0 Å². The molecule has 2 aromatic rings. The number of aryl methyl sites for hydroxylation is 1. The highest BCUT2D eigenvalue weighted by Crippen LogP contribution is 2.32. The summed E-state index contributed by atoms with van der Waals surface area (Å²) >= 11 is 0. The van der Waals surface area contributed by atoms with Crippen LogP contribution in [0.25, 0.3) is 0 Å². The van der Waals surface area contributed by atoms with Gasteiger partial charge in [-0.15, -0.1) is 0 Å². The van der Waals surface area contributed by atoms with E-state index in [1.54, 1.807) is 0 Å². The van der Waals surface area contributed by atoms with Crippen molar-refractivity contribution in [3.8, 4) is 11.5 Å². The molecule has 2 heterocycles. The number of anilines is 1. The van der Waals surface area contributed by atoms with Crippen molar-refractivity contribution in [2.45, 2.75) is 32.4 Å². The van der Waals surface area contributed by atoms with Crippen LogP contribution in [0.4, 0.5) is 5.69 Å². The number of benzene rings is 2. The topological polar surface area (TPSA) is 48.0 Å². The molecule has 0 saturated carbocycles. The molecule has 1 unspecified atom stereocenters. The van der Waals surface area contributed by atoms with E-state index in [0.717, 1.165) is 41.2 Å². The van der Waals surface area contributed by atoms with Crippen LogP contribution in [-0.4, -0.2) is 31.8 Å². The van der Waals surface area contributed by atoms with Crippen LogP contribution < -0.4 is 14.4 Å². The predicted molar refractivity (Wildman–Crippen MR) is 98.8 cm³/mol. The molecule has 26 heavy (non-hydrogen) atoms. The number of carbonyl (C=O) groups excluding carboxylic acids is 1. The summed E-state index contributed by atoms with van der Waals surface area (Å²) in [6, 6.07) is 13.8. The molecule has 4 rings (SSSR count). The van der Waals surface area contributed by atoms with Crippen LogP contribution in [0, 0.1) is 6.92 Å². The molecule has 0 spiro atoms. The van der Waals surface area contributed by atoms with Crippen LogP contribution in [0.1, 0.15) is 24.0 Å². The van der Waals surface area contributed by atoms with Gasteiger partial charge in [-0.2, -0.15) is 0 Å². The molecular formula is C21H23NO4. The molecule has 0 radical (unpaired) electrons. The average Bonchev–Trinajstić information content (AvgIpc) is 3.21. The molecule has 2 aliphatic heterocycles. The third kappa shape index (κ3) is 3.40. The molecule has 136 valence electrons. The number of hydrogen-bond acceptors (Lipinski definition) is 4. The third-order valence-electron chi connectivity index (χ3n) is 4.82. The van der Waals surface area contributed by atoms with Gasteiger partial charge in [-0.3, -0.25) is 4.79 Å². The lowest BCUT2D eigenvalue weighted by molar-refractivity contribution is -0.127. The maximum Gasteiger partial charge on any atom is 0.256 e. The Hall–Kier alpha value is -2.53. The van der Waals surface area contributed by atoms with E-state index in [1.165, 1.54) is 0 Å². The minimum Gasteiger partial charge on any atom is -0.486 e. The Morgan fingerprint density at radius 3 is 2.65 bits per heavy atom. The number of para-hydroxylation sites is 1. The fraction of sp³-hybridized carbons (Fsp3) is 0.381. The monoisotopic (exact) mass is 353 g/mol. The Labute approximate surface area is 153 Å². The highest BCUT2D eigenvalue weighted by Gasteiger charge is 2.30. The molecule has 1 amide bonds. The van der Waals surface area contributed by atoms with Crippen molar-refractivity contribution in [2.24, 2.45) is 0 Å². The van der Waals surface area contributed by atoms with Crippen molar-refractivity contribution in [2.75, 3.05) is 24.7 Å². The normalized spacial score (nSPS) is 18.6. The molecule has 0 bridgehead atoms. The summed E-state index contributed by atoms with van der Waals surface area (Å²) in [6.45, 7) is 4.27. The highest BCUT2D eigenvalue weighted by molar-refractivity contribution is 5.97. The molecule has 5 heteroatoms. The van der Waals surface area contributed by atoms with Crippen LogP contribution in [0.5, 0.6) is 11.5 Å². The van der Waals surface area contributed by atoms with Gasteiger partial charge in [-0.25, -0.2) is 0 Å². The van der Waals surface area contributed by atoms with Crippen molar-refractivity contribution in [3.05, 3.63) is 53.6 Å². The van der Waals surface area contributed by atoms with Gasteiger partial charge in [-0.05, 0) is 49.1 Å². The SMILES string of the molecule is Cc1ccccc1N(Cc1ccc2c(c1)OCCO2)C(=O)C1CCCO1. The first-order valence-corrected chi connectivity index (χ1v) is 9.09. The smallest absolute Gasteiger partial charge is 0.256 e. The van der Waals surface area contributed by atoms with Gasteiger partial charge in [-0.1, -0.05) is 24.3 Å². The van der Waals surface area contributed by atoms with Crippen molar-refractivity contribution in [3.63, 3.8) is 0 Å². The summed E-state index contributed by atoms with van der Waals surface area (Å²) in [7, 11) is 0. The lowest BCUT2D eigenvalue weighted by Crippen LogP contribution is -2.39. The van der Waals surface area contributed by atoms with Gasteiger partial charge in [0, 0.05) is 12.3 Å². The predicted octanol–water partition coefficient (Wildman–Crippen LogP) is 3.48. The first kappa shape index (κ1) is 16.9. The maximum atomic E-state index is 13.1. The summed E-state index contributed by atoms with van der Waals surface area (Å²) in [5, 5.41) is 0. The van der Waals surface area contributed by atoms with Gasteiger partial charge < -0.3 is 19.1 Å². The molecule has 1 atom stereocenters. The second-order valence-electron chi connectivity index (χ2n) is 6.69. The number of nitrogens with zero attached hydrogens (tertiary/aromatic N) is 1. The number of rotatable bonds is 4. The van der Waals surface area contributed by atoms with Crippen LogP contribution in [-0.2, 0) is 16.1 Å². The van der Waals surface area contributed by atoms with E-state index < -0.39 is 0 Å². The Morgan fingerprint density at radius 1 is 1.08 bits per heavy atom. The highest BCUT2D eigenvalue weighted by atomic mass is 16.6. The minimum absolute atomic E-state index is 0.0201. The molecule has 2 aliphatic rings. The molecule has 1 fully saturated rings. The summed E-state index contributed by atoms with van der Waals surface area (Å²) in [5.74, 6) is 1.52. The molecular weight excluding hydrogens is 330 g/mol. The quantitative estimate of drug-likeness (QED) is 0.844. The van der Waals surface area contributed by atoms with Crippen molar-refractivity contribution in [1.82, 2.24) is 0 Å². The lowest BCUT2D eigenvalue weighted by atomic mass is 10.1. The van der Waals surface area contributed by atoms with Gasteiger partial charge in [0.1, 0.15) is 19.3 Å². The first-order valence-electron chi connectivity index (χ1n) is 9.09. The summed E-state index contributed by atoms with van der Waals surface area (Å²) in [5.41, 5.74) is 2.99. The Balaban J connectivity index is 1.64. The van der Waals surface area contributed by atoms with E-state index in [1.807, 2.05) is 54.3 Å². The molecule has 5 nitrogen and oxygen atoms in total. The summed E-state index contributed by atoms with van der Waals surface area (Å²) in [4.78, 5) is 15.0. The molecule has 1 saturated heterocycles. The van der Waals surface area contributed by atoms with E-state index >= 15 is 0 Å². The second-order valence-corrected chi connectivity index (χ2v) is 6.69. The molecule has 2 aromatic carbocycles.